The van der Waals surface area contributed by atoms with Crippen molar-refractivity contribution in [3.8, 4) is 0 Å². The van der Waals surface area contributed by atoms with Gasteiger partial charge in [0, 0.05) is 7.11 Å². The summed E-state index contributed by atoms with van der Waals surface area (Å²) in [5.74, 6) is 0. The molecular weight excluding hydrogens is 391 g/mol. The maximum absolute atomic E-state index is 12.1. The Morgan fingerprint density at radius 1 is 0.565 bits per heavy atom. The van der Waals surface area contributed by atoms with Crippen LogP contribution >= 0.6 is 8.60 Å². The number of hydrogen-bond acceptors (Lipinski definition) is 3. The molecule has 0 atom stereocenters. The quantitative estimate of drug-likeness (QED) is 0.490. The van der Waals surface area contributed by atoms with Crippen molar-refractivity contribution in [2.75, 3.05) is 7.11 Å². The minimum atomic E-state index is -6.17. The van der Waals surface area contributed by atoms with E-state index >= 15 is 0 Å². The van der Waals surface area contributed by atoms with Crippen molar-refractivity contribution >= 4 is 8.60 Å². The molecule has 0 aromatic carbocycles. The lowest BCUT2D eigenvalue weighted by atomic mass is 10.3. The van der Waals surface area contributed by atoms with Gasteiger partial charge in [-0.2, -0.15) is 52.7 Å². The molecule has 0 radical (unpaired) electrons. The highest BCUT2D eigenvalue weighted by Crippen LogP contribution is 2.52. The summed E-state index contributed by atoms with van der Waals surface area (Å²) in [6, 6.07) is 0. The van der Waals surface area contributed by atoms with Crippen LogP contribution < -0.4 is 0 Å². The number of hydrogen-bond donors (Lipinski definition) is 0. The van der Waals surface area contributed by atoms with E-state index in [0.29, 0.717) is 0 Å². The first-order valence-corrected chi connectivity index (χ1v) is 5.95. The second kappa shape index (κ2) is 7.15. The molecule has 0 aliphatic heterocycles. The van der Waals surface area contributed by atoms with Crippen LogP contribution in [0.15, 0.2) is 0 Å². The zero-order valence-electron chi connectivity index (χ0n) is 10.4. The first-order chi connectivity index (χ1) is 9.90. The SMILES string of the molecule is COP(OC(C(F)(F)F)C(F)(F)F)OC(C(F)(F)F)C(F)(F)F. The summed E-state index contributed by atoms with van der Waals surface area (Å²) >= 11 is 0. The van der Waals surface area contributed by atoms with Gasteiger partial charge >= 0.3 is 33.3 Å². The Labute approximate surface area is 120 Å². The van der Waals surface area contributed by atoms with Gasteiger partial charge in [-0.05, 0) is 0 Å². The Morgan fingerprint density at radius 2 is 0.783 bits per heavy atom. The fraction of sp³-hybridized carbons (Fsp3) is 1.00. The molecule has 0 saturated heterocycles. The van der Waals surface area contributed by atoms with Gasteiger partial charge in [-0.1, -0.05) is 0 Å². The highest BCUT2D eigenvalue weighted by atomic mass is 31.2. The van der Waals surface area contributed by atoms with Gasteiger partial charge in [0.1, 0.15) is 0 Å². The third kappa shape index (κ3) is 7.27. The van der Waals surface area contributed by atoms with Crippen LogP contribution in [0, 0.1) is 0 Å². The van der Waals surface area contributed by atoms with Gasteiger partial charge in [0.25, 0.3) is 12.2 Å². The summed E-state index contributed by atoms with van der Waals surface area (Å²) in [6.07, 6.45) is -34.1. The zero-order chi connectivity index (χ0) is 18.9. The summed E-state index contributed by atoms with van der Waals surface area (Å²) in [6.45, 7) is 0. The van der Waals surface area contributed by atoms with Crippen LogP contribution in [-0.4, -0.2) is 44.0 Å². The van der Waals surface area contributed by atoms with Gasteiger partial charge in [-0.15, -0.1) is 0 Å². The second-order valence-electron chi connectivity index (χ2n) is 3.54. The number of rotatable bonds is 5. The van der Waals surface area contributed by atoms with Crippen molar-refractivity contribution in [2.24, 2.45) is 0 Å². The number of halogens is 12. The van der Waals surface area contributed by atoms with Crippen LogP contribution in [0.25, 0.3) is 0 Å². The molecule has 3 nitrogen and oxygen atoms in total. The molecule has 0 rings (SSSR count). The van der Waals surface area contributed by atoms with Gasteiger partial charge < -0.3 is 4.52 Å². The minimum Gasteiger partial charge on any atom is -0.316 e. The van der Waals surface area contributed by atoms with E-state index in [9.17, 15) is 52.7 Å². The van der Waals surface area contributed by atoms with Gasteiger partial charge in [-0.3, -0.25) is 9.05 Å². The van der Waals surface area contributed by atoms with E-state index in [4.69, 9.17) is 0 Å². The van der Waals surface area contributed by atoms with Crippen LogP contribution in [-0.2, 0) is 13.6 Å². The van der Waals surface area contributed by atoms with Crippen molar-refractivity contribution < 1.29 is 66.3 Å². The van der Waals surface area contributed by atoms with Gasteiger partial charge in [-0.25, -0.2) is 0 Å². The van der Waals surface area contributed by atoms with Crippen LogP contribution in [0.1, 0.15) is 0 Å². The Hall–Kier alpha value is -0.530. The highest BCUT2D eigenvalue weighted by Gasteiger charge is 2.62. The molecule has 0 saturated carbocycles. The van der Waals surface area contributed by atoms with Crippen molar-refractivity contribution in [3.05, 3.63) is 0 Å². The molecule has 0 spiro atoms. The van der Waals surface area contributed by atoms with Crippen molar-refractivity contribution in [2.45, 2.75) is 36.9 Å². The molecule has 0 aliphatic rings. The van der Waals surface area contributed by atoms with Crippen LogP contribution in [0.2, 0.25) is 0 Å². The number of alkyl halides is 12. The molecule has 140 valence electrons. The lowest BCUT2D eigenvalue weighted by Crippen LogP contribution is -2.46. The second-order valence-corrected chi connectivity index (χ2v) is 4.78. The Balaban J connectivity index is 5.36. The Morgan fingerprint density at radius 3 is 0.913 bits per heavy atom. The minimum absolute atomic E-state index is 0.208. The molecule has 23 heavy (non-hydrogen) atoms. The van der Waals surface area contributed by atoms with E-state index in [1.807, 2.05) is 0 Å². The van der Waals surface area contributed by atoms with Crippen molar-refractivity contribution in [1.29, 1.82) is 0 Å². The molecule has 0 aliphatic carbocycles. The van der Waals surface area contributed by atoms with E-state index in [1.165, 1.54) is 0 Å². The maximum atomic E-state index is 12.1. The fourth-order valence-electron chi connectivity index (χ4n) is 0.893. The summed E-state index contributed by atoms with van der Waals surface area (Å²) in [5, 5.41) is 0. The average molecular weight is 396 g/mol. The molecule has 0 N–H and O–H groups in total. The van der Waals surface area contributed by atoms with E-state index in [-0.39, 0.29) is 7.11 Å². The van der Waals surface area contributed by atoms with Crippen molar-refractivity contribution in [1.82, 2.24) is 0 Å². The lowest BCUT2D eigenvalue weighted by molar-refractivity contribution is -0.314. The van der Waals surface area contributed by atoms with Crippen molar-refractivity contribution in [3.63, 3.8) is 0 Å². The van der Waals surface area contributed by atoms with E-state index in [1.54, 1.807) is 0 Å². The summed E-state index contributed by atoms with van der Waals surface area (Å²) in [7, 11) is -4.07. The Bertz CT molecular complexity index is 309. The van der Waals surface area contributed by atoms with E-state index < -0.39 is 45.5 Å². The third-order valence-electron chi connectivity index (χ3n) is 1.72. The molecule has 0 aromatic heterocycles. The van der Waals surface area contributed by atoms with Gasteiger partial charge in [0.15, 0.2) is 0 Å². The van der Waals surface area contributed by atoms with Gasteiger partial charge in [0.05, 0.1) is 0 Å². The summed E-state index contributed by atoms with van der Waals surface area (Å²) in [5.41, 5.74) is 0. The first-order valence-electron chi connectivity index (χ1n) is 4.85. The molecule has 16 heteroatoms. The third-order valence-corrected chi connectivity index (χ3v) is 2.79. The lowest BCUT2D eigenvalue weighted by Gasteiger charge is -2.29. The molecular formula is C7H5F12O3P. The topological polar surface area (TPSA) is 27.7 Å². The van der Waals surface area contributed by atoms with Gasteiger partial charge in [0.2, 0.25) is 0 Å². The first kappa shape index (κ1) is 22.5. The molecule has 0 unspecified atom stereocenters. The van der Waals surface area contributed by atoms with Crippen LogP contribution in [0.5, 0.6) is 0 Å². The molecule has 0 fully saturated rings. The van der Waals surface area contributed by atoms with Crippen LogP contribution in [0.3, 0.4) is 0 Å². The summed E-state index contributed by atoms with van der Waals surface area (Å²) in [4.78, 5) is 0. The van der Waals surface area contributed by atoms with E-state index in [0.717, 1.165) is 0 Å². The predicted molar refractivity (Wildman–Crippen MR) is 47.9 cm³/mol. The van der Waals surface area contributed by atoms with E-state index in [2.05, 4.69) is 13.6 Å². The largest absolute Gasteiger partial charge is 0.424 e. The summed E-state index contributed by atoms with van der Waals surface area (Å²) < 4.78 is 155. The standard InChI is InChI=1S/C7H5F12O3P/c1-20-23(21-2(4(8,9)10)5(11,12)13)22-3(6(14,15)16)7(17,18)19/h2-3H,1H3. The monoisotopic (exact) mass is 396 g/mol. The Kier molecular flexibility index (Phi) is 6.99. The normalized spacial score (nSPS) is 15.1. The molecule has 0 amide bonds. The van der Waals surface area contributed by atoms with Crippen LogP contribution in [0.4, 0.5) is 52.7 Å². The molecule has 0 bridgehead atoms. The molecule has 0 aromatic rings. The zero-order valence-corrected chi connectivity index (χ0v) is 11.3. The highest BCUT2D eigenvalue weighted by molar-refractivity contribution is 7.41. The molecule has 0 heterocycles. The fourth-order valence-corrected chi connectivity index (χ4v) is 1.94. The average Bonchev–Trinajstić information content (AvgIpc) is 2.21. The maximum Gasteiger partial charge on any atom is 0.424 e. The smallest absolute Gasteiger partial charge is 0.316 e. The predicted octanol–water partition coefficient (Wildman–Crippen LogP) is 4.88.